The summed E-state index contributed by atoms with van der Waals surface area (Å²) in [6.07, 6.45) is 3.68. The Morgan fingerprint density at radius 2 is 1.66 bits per heavy atom. The molecule has 0 saturated heterocycles. The highest BCUT2D eigenvalue weighted by Crippen LogP contribution is 2.35. The number of fused-ring (bicyclic) bond motifs is 1. The molecular formula is C24H21F3O2. The van der Waals surface area contributed by atoms with Crippen LogP contribution in [0.3, 0.4) is 0 Å². The lowest BCUT2D eigenvalue weighted by Gasteiger charge is -2.19. The minimum atomic E-state index is -3.69. The third-order valence-electron chi connectivity index (χ3n) is 4.28. The Bertz CT molecular complexity index is 1040. The standard InChI is InChI=1S/C24H21F3O2/c1-3-5-13-28-21-11-9-20(10-12-21)24(26,27)29-23-16-18-8-7-17(6-4-2)14-19(18)15-22(23)25/h3-12,14-16H,13H2,1-2H3/b5-3+,6-4+. The number of hydrogen-bond acceptors (Lipinski definition) is 2. The largest absolute Gasteiger partial charge is 0.490 e. The van der Waals surface area contributed by atoms with Crippen molar-refractivity contribution in [2.75, 3.05) is 6.61 Å². The van der Waals surface area contributed by atoms with Crippen LogP contribution in [0.5, 0.6) is 11.5 Å². The SMILES string of the molecule is C/C=C/COc1ccc(C(F)(F)Oc2cc3ccc(/C=C/C)cc3cc2F)cc1. The maximum Gasteiger partial charge on any atom is 0.426 e. The molecule has 0 fully saturated rings. The van der Waals surface area contributed by atoms with Gasteiger partial charge in [0.2, 0.25) is 0 Å². The first-order valence-electron chi connectivity index (χ1n) is 9.20. The summed E-state index contributed by atoms with van der Waals surface area (Å²) in [5, 5.41) is 1.22. The lowest BCUT2D eigenvalue weighted by atomic mass is 10.1. The summed E-state index contributed by atoms with van der Waals surface area (Å²) in [7, 11) is 0. The monoisotopic (exact) mass is 398 g/mol. The van der Waals surface area contributed by atoms with Gasteiger partial charge in [0.05, 0.1) is 5.56 Å². The van der Waals surface area contributed by atoms with Crippen molar-refractivity contribution in [2.24, 2.45) is 0 Å². The lowest BCUT2D eigenvalue weighted by Crippen LogP contribution is -2.22. The van der Waals surface area contributed by atoms with Crippen molar-refractivity contribution in [1.29, 1.82) is 0 Å². The summed E-state index contributed by atoms with van der Waals surface area (Å²) in [4.78, 5) is 0. The zero-order valence-electron chi connectivity index (χ0n) is 16.2. The van der Waals surface area contributed by atoms with Crippen molar-refractivity contribution < 1.29 is 22.6 Å². The molecule has 0 aliphatic heterocycles. The van der Waals surface area contributed by atoms with E-state index < -0.39 is 17.7 Å². The second-order valence-corrected chi connectivity index (χ2v) is 6.41. The van der Waals surface area contributed by atoms with Gasteiger partial charge >= 0.3 is 6.11 Å². The molecule has 0 atom stereocenters. The molecule has 0 aliphatic carbocycles. The van der Waals surface area contributed by atoms with Crippen LogP contribution in [-0.4, -0.2) is 6.61 Å². The van der Waals surface area contributed by atoms with Gasteiger partial charge in [0.25, 0.3) is 0 Å². The van der Waals surface area contributed by atoms with E-state index in [9.17, 15) is 13.2 Å². The summed E-state index contributed by atoms with van der Waals surface area (Å²) in [5.74, 6) is -0.896. The molecule has 3 aromatic carbocycles. The Morgan fingerprint density at radius 3 is 2.34 bits per heavy atom. The highest BCUT2D eigenvalue weighted by Gasteiger charge is 2.35. The summed E-state index contributed by atoms with van der Waals surface area (Å²) < 4.78 is 53.7. The minimum absolute atomic E-state index is 0.348. The predicted octanol–water partition coefficient (Wildman–Crippen LogP) is 7.10. The van der Waals surface area contributed by atoms with Gasteiger partial charge in [0, 0.05) is 0 Å². The summed E-state index contributed by atoms with van der Waals surface area (Å²) in [5.41, 5.74) is 0.508. The molecule has 0 saturated carbocycles. The molecule has 3 aromatic rings. The van der Waals surface area contributed by atoms with Crippen LogP contribution >= 0.6 is 0 Å². The molecule has 0 unspecified atom stereocenters. The first-order valence-corrected chi connectivity index (χ1v) is 9.20. The van der Waals surface area contributed by atoms with Gasteiger partial charge in [0.15, 0.2) is 11.6 Å². The van der Waals surface area contributed by atoms with E-state index in [1.54, 1.807) is 18.2 Å². The molecule has 0 radical (unpaired) electrons. The number of ether oxygens (including phenoxy) is 2. The fourth-order valence-corrected chi connectivity index (χ4v) is 2.82. The molecule has 2 nitrogen and oxygen atoms in total. The van der Waals surface area contributed by atoms with Crippen LogP contribution in [0.15, 0.2) is 72.8 Å². The average molecular weight is 398 g/mol. The predicted molar refractivity (Wildman–Crippen MR) is 110 cm³/mol. The van der Waals surface area contributed by atoms with Crippen LogP contribution in [0.1, 0.15) is 25.0 Å². The highest BCUT2D eigenvalue weighted by molar-refractivity contribution is 5.86. The molecule has 0 bridgehead atoms. The van der Waals surface area contributed by atoms with E-state index in [0.717, 1.165) is 5.56 Å². The van der Waals surface area contributed by atoms with Crippen LogP contribution in [0.4, 0.5) is 13.2 Å². The number of rotatable bonds is 7. The van der Waals surface area contributed by atoms with Crippen LogP contribution in [0.25, 0.3) is 16.8 Å². The molecule has 0 heterocycles. The van der Waals surface area contributed by atoms with Gasteiger partial charge < -0.3 is 9.47 Å². The van der Waals surface area contributed by atoms with E-state index in [2.05, 4.69) is 0 Å². The molecule has 5 heteroatoms. The van der Waals surface area contributed by atoms with Crippen molar-refractivity contribution in [3.05, 3.63) is 89.8 Å². The summed E-state index contributed by atoms with van der Waals surface area (Å²) >= 11 is 0. The first-order chi connectivity index (χ1) is 13.9. The second kappa shape index (κ2) is 8.86. The van der Waals surface area contributed by atoms with E-state index in [4.69, 9.17) is 9.47 Å². The number of alkyl halides is 2. The highest BCUT2D eigenvalue weighted by atomic mass is 19.3. The average Bonchev–Trinajstić information content (AvgIpc) is 2.69. The first kappa shape index (κ1) is 20.5. The Labute approximate surface area is 167 Å². The third kappa shape index (κ3) is 4.99. The molecule has 29 heavy (non-hydrogen) atoms. The Balaban J connectivity index is 1.82. The van der Waals surface area contributed by atoms with E-state index >= 15 is 0 Å². The van der Waals surface area contributed by atoms with E-state index in [0.29, 0.717) is 23.1 Å². The molecule has 0 aliphatic rings. The quantitative estimate of drug-likeness (QED) is 0.395. The molecule has 0 amide bonds. The second-order valence-electron chi connectivity index (χ2n) is 6.41. The zero-order chi connectivity index (χ0) is 20.9. The van der Waals surface area contributed by atoms with Crippen LogP contribution in [0, 0.1) is 5.82 Å². The van der Waals surface area contributed by atoms with Crippen molar-refractivity contribution in [3.63, 3.8) is 0 Å². The third-order valence-corrected chi connectivity index (χ3v) is 4.28. The number of benzene rings is 3. The van der Waals surface area contributed by atoms with Crippen molar-refractivity contribution in [2.45, 2.75) is 20.0 Å². The molecule has 0 spiro atoms. The maximum absolute atomic E-state index is 14.6. The Kier molecular flexibility index (Phi) is 6.27. The molecule has 0 N–H and O–H groups in total. The lowest BCUT2D eigenvalue weighted by molar-refractivity contribution is -0.186. The van der Waals surface area contributed by atoms with Gasteiger partial charge in [0.1, 0.15) is 12.4 Å². The van der Waals surface area contributed by atoms with Gasteiger partial charge in [-0.15, -0.1) is 0 Å². The van der Waals surface area contributed by atoms with Gasteiger partial charge in [-0.2, -0.15) is 8.78 Å². The van der Waals surface area contributed by atoms with Crippen LogP contribution in [0.2, 0.25) is 0 Å². The van der Waals surface area contributed by atoms with Crippen molar-refractivity contribution in [1.82, 2.24) is 0 Å². The molecular weight excluding hydrogens is 377 g/mol. The molecule has 0 aromatic heterocycles. The minimum Gasteiger partial charge on any atom is -0.490 e. The van der Waals surface area contributed by atoms with Gasteiger partial charge in [-0.25, -0.2) is 4.39 Å². The Morgan fingerprint density at radius 1 is 0.897 bits per heavy atom. The van der Waals surface area contributed by atoms with Crippen molar-refractivity contribution in [3.8, 4) is 11.5 Å². The van der Waals surface area contributed by atoms with E-state index in [1.165, 1.54) is 36.4 Å². The Hall–Kier alpha value is -3.21. The van der Waals surface area contributed by atoms with Gasteiger partial charge in [-0.3, -0.25) is 0 Å². The maximum atomic E-state index is 14.6. The number of allylic oxidation sites excluding steroid dienone is 2. The van der Waals surface area contributed by atoms with Crippen LogP contribution in [-0.2, 0) is 6.11 Å². The van der Waals surface area contributed by atoms with Crippen molar-refractivity contribution >= 4 is 16.8 Å². The van der Waals surface area contributed by atoms with Crippen LogP contribution < -0.4 is 9.47 Å². The topological polar surface area (TPSA) is 18.5 Å². The number of hydrogen-bond donors (Lipinski definition) is 0. The summed E-state index contributed by atoms with van der Waals surface area (Å²) in [6, 6.07) is 13.1. The molecule has 3 rings (SSSR count). The summed E-state index contributed by atoms with van der Waals surface area (Å²) in [6.45, 7) is 4.09. The number of halogens is 3. The van der Waals surface area contributed by atoms with E-state index in [-0.39, 0.29) is 5.56 Å². The zero-order valence-corrected chi connectivity index (χ0v) is 16.2. The smallest absolute Gasteiger partial charge is 0.426 e. The van der Waals surface area contributed by atoms with Gasteiger partial charge in [-0.05, 0) is 72.6 Å². The fourth-order valence-electron chi connectivity index (χ4n) is 2.82. The normalized spacial score (nSPS) is 12.2. The fraction of sp³-hybridized carbons (Fsp3) is 0.167. The van der Waals surface area contributed by atoms with Gasteiger partial charge in [-0.1, -0.05) is 36.4 Å². The van der Waals surface area contributed by atoms with E-state index in [1.807, 2.05) is 38.1 Å². The molecule has 150 valence electrons.